The van der Waals surface area contributed by atoms with Crippen molar-refractivity contribution in [3.63, 3.8) is 0 Å². The van der Waals surface area contributed by atoms with E-state index < -0.39 is 18.1 Å². The number of quaternary nitrogens is 1. The Bertz CT molecular complexity index is 1330. The highest BCUT2D eigenvalue weighted by molar-refractivity contribution is 5.70. The summed E-state index contributed by atoms with van der Waals surface area (Å²) in [5.74, 6) is -1.80. The molecule has 8 heteroatoms. The van der Waals surface area contributed by atoms with Crippen molar-refractivity contribution in [2.45, 2.75) is 187 Å². The zero-order chi connectivity index (χ0) is 45.6. The summed E-state index contributed by atoms with van der Waals surface area (Å²) in [6.45, 7) is 4.36. The van der Waals surface area contributed by atoms with Crippen LogP contribution in [0.4, 0.5) is 0 Å². The number of carbonyl (C=O) groups is 3. The molecule has 0 spiro atoms. The third-order valence-corrected chi connectivity index (χ3v) is 10.4. The van der Waals surface area contributed by atoms with Crippen molar-refractivity contribution in [2.24, 2.45) is 0 Å². The number of carboxylic acid groups (broad SMARTS) is 1. The molecule has 2 unspecified atom stereocenters. The van der Waals surface area contributed by atoms with Crippen molar-refractivity contribution in [1.29, 1.82) is 0 Å². The fraction of sp³-hybridized carbons (Fsp3) is 0.648. The van der Waals surface area contributed by atoms with Crippen LogP contribution < -0.4 is 5.11 Å². The predicted octanol–water partition coefficient (Wildman–Crippen LogP) is 12.5. The lowest BCUT2D eigenvalue weighted by Crippen LogP contribution is -2.55. The fourth-order valence-electron chi connectivity index (χ4n) is 6.67. The molecule has 0 saturated carbocycles. The van der Waals surface area contributed by atoms with E-state index in [9.17, 15) is 19.5 Å². The SMILES string of the molecule is CC/C=C/C=C/C=C/C=C/C=C/C=C/CCCCCC(=O)OCC(COCCC(C(=O)[O-])[N+](C)(C)C)OC(=O)CCCCCCCCCCCCCCCC/C=C/C/C=C/CC. The molecule has 0 aromatic heterocycles. The van der Waals surface area contributed by atoms with Gasteiger partial charge >= 0.3 is 11.9 Å². The van der Waals surface area contributed by atoms with Crippen molar-refractivity contribution in [2.75, 3.05) is 41.0 Å². The van der Waals surface area contributed by atoms with E-state index in [1.54, 1.807) is 21.1 Å². The molecule has 0 radical (unpaired) electrons. The first-order valence-electron chi connectivity index (χ1n) is 24.3. The van der Waals surface area contributed by atoms with Crippen molar-refractivity contribution >= 4 is 17.9 Å². The highest BCUT2D eigenvalue weighted by Crippen LogP contribution is 2.15. The number of esters is 2. The number of carboxylic acids is 1. The molecule has 352 valence electrons. The molecule has 62 heavy (non-hydrogen) atoms. The highest BCUT2D eigenvalue weighted by Gasteiger charge is 2.25. The van der Waals surface area contributed by atoms with Crippen LogP contribution in [0, 0.1) is 0 Å². The second-order valence-corrected chi connectivity index (χ2v) is 17.1. The van der Waals surface area contributed by atoms with Gasteiger partial charge in [-0.2, -0.15) is 0 Å². The average molecular weight is 864 g/mol. The first kappa shape index (κ1) is 58.2. The van der Waals surface area contributed by atoms with Gasteiger partial charge in [-0.25, -0.2) is 0 Å². The molecule has 2 atom stereocenters. The zero-order valence-corrected chi connectivity index (χ0v) is 40.0. The number of unbranched alkanes of at least 4 members (excludes halogenated alkanes) is 17. The van der Waals surface area contributed by atoms with Gasteiger partial charge in [0.05, 0.1) is 40.3 Å². The van der Waals surface area contributed by atoms with Crippen LogP contribution >= 0.6 is 0 Å². The van der Waals surface area contributed by atoms with Crippen LogP contribution in [0.3, 0.4) is 0 Å². The summed E-state index contributed by atoms with van der Waals surface area (Å²) >= 11 is 0. The van der Waals surface area contributed by atoms with E-state index in [0.29, 0.717) is 19.3 Å². The summed E-state index contributed by atoms with van der Waals surface area (Å²) in [6.07, 6.45) is 58.7. The molecule has 0 fully saturated rings. The van der Waals surface area contributed by atoms with Gasteiger partial charge in [-0.3, -0.25) is 9.59 Å². The fourth-order valence-corrected chi connectivity index (χ4v) is 6.67. The lowest BCUT2D eigenvalue weighted by molar-refractivity contribution is -0.889. The van der Waals surface area contributed by atoms with Gasteiger partial charge < -0.3 is 28.6 Å². The third-order valence-electron chi connectivity index (χ3n) is 10.4. The first-order chi connectivity index (χ1) is 30.1. The number of ether oxygens (including phenoxy) is 3. The average Bonchev–Trinajstić information content (AvgIpc) is 3.23. The van der Waals surface area contributed by atoms with E-state index in [-0.39, 0.29) is 42.7 Å². The molecule has 0 rings (SSSR count). The largest absolute Gasteiger partial charge is 0.544 e. The van der Waals surface area contributed by atoms with Gasteiger partial charge in [0.15, 0.2) is 6.10 Å². The summed E-state index contributed by atoms with van der Waals surface area (Å²) < 4.78 is 17.2. The lowest BCUT2D eigenvalue weighted by atomic mass is 10.0. The molecular weight excluding hydrogens is 775 g/mol. The quantitative estimate of drug-likeness (QED) is 0.0198. The Morgan fingerprint density at radius 1 is 0.500 bits per heavy atom. The van der Waals surface area contributed by atoms with Gasteiger partial charge in [0.2, 0.25) is 0 Å². The maximum atomic E-state index is 12.8. The van der Waals surface area contributed by atoms with Crippen molar-refractivity contribution in [3.8, 4) is 0 Å². The van der Waals surface area contributed by atoms with Crippen LogP contribution in [-0.4, -0.2) is 75.5 Å². The van der Waals surface area contributed by atoms with Crippen LogP contribution in [0.1, 0.15) is 174 Å². The number of hydrogen-bond donors (Lipinski definition) is 0. The van der Waals surface area contributed by atoms with E-state index in [0.717, 1.165) is 57.8 Å². The Kier molecular flexibility index (Phi) is 41.2. The molecule has 0 aliphatic heterocycles. The second kappa shape index (κ2) is 43.9. The van der Waals surface area contributed by atoms with Crippen molar-refractivity contribution < 1.29 is 38.2 Å². The number of carbonyl (C=O) groups excluding carboxylic acids is 3. The summed E-state index contributed by atoms with van der Waals surface area (Å²) in [5.41, 5.74) is 0. The monoisotopic (exact) mass is 864 g/mol. The van der Waals surface area contributed by atoms with Gasteiger partial charge in [-0.1, -0.05) is 195 Å². The van der Waals surface area contributed by atoms with Crippen LogP contribution in [0.5, 0.6) is 0 Å². The van der Waals surface area contributed by atoms with E-state index in [4.69, 9.17) is 14.2 Å². The third kappa shape index (κ3) is 41.6. The molecule has 0 aromatic carbocycles. The van der Waals surface area contributed by atoms with Gasteiger partial charge in [-0.15, -0.1) is 0 Å². The standard InChI is InChI=1S/C54H89NO7/c1-6-8-10-12-14-16-18-20-22-24-25-26-27-29-31-33-35-37-39-41-43-45-53(57)62-50(48-60-47-46-51(54(58)59)55(3,4)5)49-61-52(56)44-42-40-38-36-34-32-30-28-23-21-19-17-15-13-11-9-7-2/h8-11,13-17,19,21,23,28,30,32,34,50-51H,6-7,12,18,20,22,24-27,29,31,33,35-49H2,1-5H3/b10-8+,11-9+,15-13+,16-14+,19-17+,23-21+,30-28+,34-32+. The molecule has 0 aromatic rings. The Hall–Kier alpha value is -3.75. The number of nitrogens with zero attached hydrogens (tertiary/aromatic N) is 1. The molecule has 0 bridgehead atoms. The number of hydrogen-bond acceptors (Lipinski definition) is 7. The maximum Gasteiger partial charge on any atom is 0.306 e. The van der Waals surface area contributed by atoms with Crippen LogP contribution in [-0.2, 0) is 28.6 Å². The summed E-state index contributed by atoms with van der Waals surface area (Å²) in [6, 6.07) is -0.738. The number of allylic oxidation sites excluding steroid dienone is 16. The van der Waals surface area contributed by atoms with E-state index in [2.05, 4.69) is 50.3 Å². The zero-order valence-electron chi connectivity index (χ0n) is 40.0. The normalized spacial score (nSPS) is 13.8. The lowest BCUT2D eigenvalue weighted by Gasteiger charge is -2.34. The minimum absolute atomic E-state index is 0.0208. The highest BCUT2D eigenvalue weighted by atomic mass is 16.6. The van der Waals surface area contributed by atoms with E-state index in [1.165, 1.54) is 77.0 Å². The molecule has 0 saturated heterocycles. The molecule has 8 nitrogen and oxygen atoms in total. The van der Waals surface area contributed by atoms with Crippen LogP contribution in [0.15, 0.2) is 97.2 Å². The summed E-state index contributed by atoms with van der Waals surface area (Å²) in [5, 5.41) is 11.7. The Balaban J connectivity index is 4.34. The Labute approximate surface area is 379 Å². The second-order valence-electron chi connectivity index (χ2n) is 17.1. The molecule has 0 aliphatic carbocycles. The molecule has 0 amide bonds. The first-order valence-corrected chi connectivity index (χ1v) is 24.3. The van der Waals surface area contributed by atoms with Crippen molar-refractivity contribution in [3.05, 3.63) is 97.2 Å². The van der Waals surface area contributed by atoms with Crippen LogP contribution in [0.2, 0.25) is 0 Å². The number of likely N-dealkylation sites (N-methyl/N-ethyl adjacent to an activating group) is 1. The topological polar surface area (TPSA) is 102 Å². The Morgan fingerprint density at radius 2 is 0.935 bits per heavy atom. The minimum atomic E-state index is -1.13. The molecule has 0 heterocycles. The Morgan fingerprint density at radius 3 is 1.45 bits per heavy atom. The van der Waals surface area contributed by atoms with Gasteiger partial charge in [0.1, 0.15) is 12.6 Å². The number of rotatable bonds is 42. The van der Waals surface area contributed by atoms with Crippen molar-refractivity contribution in [1.82, 2.24) is 0 Å². The van der Waals surface area contributed by atoms with E-state index >= 15 is 0 Å². The van der Waals surface area contributed by atoms with E-state index in [1.807, 2.05) is 60.8 Å². The minimum Gasteiger partial charge on any atom is -0.544 e. The smallest absolute Gasteiger partial charge is 0.306 e. The van der Waals surface area contributed by atoms with Gasteiger partial charge in [0.25, 0.3) is 0 Å². The molecule has 0 aliphatic rings. The van der Waals surface area contributed by atoms with Crippen LogP contribution in [0.25, 0.3) is 0 Å². The van der Waals surface area contributed by atoms with Gasteiger partial charge in [-0.05, 0) is 57.8 Å². The number of aliphatic carboxylic acids is 1. The molecule has 0 N–H and O–H groups in total. The molecular formula is C54H89NO7. The summed E-state index contributed by atoms with van der Waals surface area (Å²) in [7, 11) is 5.39. The van der Waals surface area contributed by atoms with Gasteiger partial charge in [0, 0.05) is 19.3 Å². The maximum absolute atomic E-state index is 12.8. The summed E-state index contributed by atoms with van der Waals surface area (Å²) in [4.78, 5) is 37.0. The predicted molar refractivity (Wildman–Crippen MR) is 258 cm³/mol.